The van der Waals surface area contributed by atoms with Gasteiger partial charge in [-0.15, -0.1) is 0 Å². The first kappa shape index (κ1) is 21.9. The molecule has 1 saturated carbocycles. The van der Waals surface area contributed by atoms with Crippen LogP contribution in [-0.2, 0) is 4.79 Å². The molecule has 25 heavy (non-hydrogen) atoms. The van der Waals surface area contributed by atoms with Crippen molar-refractivity contribution in [1.82, 2.24) is 0 Å². The lowest BCUT2D eigenvalue weighted by Crippen LogP contribution is -2.46. The number of aliphatic hydroxyl groups excluding tert-OH is 1. The molecule has 3 N–H and O–H groups in total. The van der Waals surface area contributed by atoms with E-state index in [0.29, 0.717) is 11.8 Å². The number of hydrogen-bond donors (Lipinski definition) is 3. The number of hydrogen-bond acceptors (Lipinski definition) is 3. The molecule has 2 unspecified atom stereocenters. The first-order chi connectivity index (χ1) is 11.9. The van der Waals surface area contributed by atoms with Gasteiger partial charge >= 0.3 is 5.97 Å². The number of aliphatic hydroxyl groups is 2. The molecular weight excluding hydrogens is 316 g/mol. The summed E-state index contributed by atoms with van der Waals surface area (Å²) in [6.45, 7) is 3.36. The third-order valence-electron chi connectivity index (χ3n) is 5.37. The van der Waals surface area contributed by atoms with Crippen LogP contribution in [0.1, 0.15) is 78.1 Å². The van der Waals surface area contributed by atoms with Crippen LogP contribution in [0, 0.1) is 11.8 Å². The molecule has 0 heterocycles. The third kappa shape index (κ3) is 7.74. The predicted octanol–water partition coefficient (Wildman–Crippen LogP) is 4.46. The number of rotatable bonds is 12. The standard InChI is InChI=1S/C21H36O4/c1-3-4-5-6-7-8-12-17-14-11-15-18(17)13-9-10-16-19(22)21(2,25)20(23)24/h8-10,12,17-19,22,25H,3-7,11,13-16H2,1-2H3,(H,23,24)/b10-9-,12-8+/t17-,18-,19?,21?/m0/s1. The summed E-state index contributed by atoms with van der Waals surface area (Å²) in [5.74, 6) is -0.114. The van der Waals surface area contributed by atoms with Crippen LogP contribution < -0.4 is 0 Å². The maximum absolute atomic E-state index is 10.9. The third-order valence-corrected chi connectivity index (χ3v) is 5.37. The summed E-state index contributed by atoms with van der Waals surface area (Å²) in [6, 6.07) is 0. The SMILES string of the molecule is CCCCCC/C=C/[C@H]1CCC[C@@H]1C/C=C\CC(O)C(C)(O)C(=O)O. The monoisotopic (exact) mass is 352 g/mol. The number of carbonyl (C=O) groups is 1. The van der Waals surface area contributed by atoms with Gasteiger partial charge in [-0.1, -0.05) is 56.9 Å². The highest BCUT2D eigenvalue weighted by Crippen LogP contribution is 2.35. The Balaban J connectivity index is 2.33. The summed E-state index contributed by atoms with van der Waals surface area (Å²) >= 11 is 0. The quantitative estimate of drug-likeness (QED) is 0.358. The molecule has 144 valence electrons. The molecule has 0 aromatic rings. The maximum atomic E-state index is 10.9. The van der Waals surface area contributed by atoms with E-state index >= 15 is 0 Å². The fourth-order valence-corrected chi connectivity index (χ4v) is 3.44. The Bertz CT molecular complexity index is 439. The molecule has 0 radical (unpaired) electrons. The maximum Gasteiger partial charge on any atom is 0.338 e. The van der Waals surface area contributed by atoms with Crippen molar-refractivity contribution in [3.63, 3.8) is 0 Å². The van der Waals surface area contributed by atoms with E-state index in [4.69, 9.17) is 5.11 Å². The van der Waals surface area contributed by atoms with Gasteiger partial charge in [-0.05, 0) is 57.3 Å². The van der Waals surface area contributed by atoms with Gasteiger partial charge in [0.05, 0.1) is 6.10 Å². The van der Waals surface area contributed by atoms with Crippen LogP contribution in [0.4, 0.5) is 0 Å². The first-order valence-corrected chi connectivity index (χ1v) is 9.85. The van der Waals surface area contributed by atoms with Crippen LogP contribution in [0.5, 0.6) is 0 Å². The highest BCUT2D eigenvalue weighted by molar-refractivity contribution is 5.77. The van der Waals surface area contributed by atoms with E-state index in [0.717, 1.165) is 13.3 Å². The van der Waals surface area contributed by atoms with Crippen LogP contribution in [-0.4, -0.2) is 33.0 Å². The van der Waals surface area contributed by atoms with E-state index in [1.54, 1.807) is 6.08 Å². The summed E-state index contributed by atoms with van der Waals surface area (Å²) in [4.78, 5) is 10.9. The van der Waals surface area contributed by atoms with E-state index in [-0.39, 0.29) is 6.42 Å². The lowest BCUT2D eigenvalue weighted by atomic mass is 9.91. The van der Waals surface area contributed by atoms with Crippen molar-refractivity contribution in [3.05, 3.63) is 24.3 Å². The summed E-state index contributed by atoms with van der Waals surface area (Å²) in [5.41, 5.74) is -2.10. The summed E-state index contributed by atoms with van der Waals surface area (Å²) in [7, 11) is 0. The van der Waals surface area contributed by atoms with Crippen molar-refractivity contribution in [2.45, 2.75) is 89.8 Å². The molecule has 0 bridgehead atoms. The average Bonchev–Trinajstić information content (AvgIpc) is 3.01. The Morgan fingerprint density at radius 1 is 1.20 bits per heavy atom. The Hall–Kier alpha value is -1.13. The molecule has 0 aromatic carbocycles. The van der Waals surface area contributed by atoms with Gasteiger partial charge in [-0.25, -0.2) is 4.79 Å². The van der Waals surface area contributed by atoms with Gasteiger partial charge in [-0.3, -0.25) is 0 Å². The molecule has 1 aliphatic carbocycles. The molecule has 4 atom stereocenters. The topological polar surface area (TPSA) is 77.8 Å². The second-order valence-corrected chi connectivity index (χ2v) is 7.54. The van der Waals surface area contributed by atoms with Gasteiger partial charge in [0.15, 0.2) is 5.60 Å². The number of carboxylic acid groups (broad SMARTS) is 1. The summed E-state index contributed by atoms with van der Waals surface area (Å²) in [5, 5.41) is 28.4. The average molecular weight is 353 g/mol. The Morgan fingerprint density at radius 3 is 2.64 bits per heavy atom. The number of unbranched alkanes of at least 4 members (excludes halogenated alkanes) is 4. The smallest absolute Gasteiger partial charge is 0.338 e. The van der Waals surface area contributed by atoms with Crippen LogP contribution in [0.2, 0.25) is 0 Å². The van der Waals surface area contributed by atoms with Gasteiger partial charge in [0.25, 0.3) is 0 Å². The fourth-order valence-electron chi connectivity index (χ4n) is 3.44. The van der Waals surface area contributed by atoms with Gasteiger partial charge in [0.2, 0.25) is 0 Å². The van der Waals surface area contributed by atoms with Crippen molar-refractivity contribution < 1.29 is 20.1 Å². The van der Waals surface area contributed by atoms with E-state index in [9.17, 15) is 15.0 Å². The molecule has 0 spiro atoms. The molecule has 1 aliphatic rings. The summed E-state index contributed by atoms with van der Waals surface area (Å²) in [6.07, 6.45) is 18.5. The Labute approximate surface area is 152 Å². The van der Waals surface area contributed by atoms with E-state index in [1.165, 1.54) is 51.4 Å². The first-order valence-electron chi connectivity index (χ1n) is 9.85. The highest BCUT2D eigenvalue weighted by Gasteiger charge is 2.37. The minimum absolute atomic E-state index is 0.157. The molecule has 1 rings (SSSR count). The summed E-state index contributed by atoms with van der Waals surface area (Å²) < 4.78 is 0. The molecule has 0 aliphatic heterocycles. The normalized spacial score (nSPS) is 24.8. The number of carboxylic acids is 1. The largest absolute Gasteiger partial charge is 0.479 e. The second kappa shape index (κ2) is 11.5. The lowest BCUT2D eigenvalue weighted by Gasteiger charge is -2.23. The highest BCUT2D eigenvalue weighted by atomic mass is 16.4. The number of aliphatic carboxylic acids is 1. The molecule has 0 aromatic heterocycles. The Morgan fingerprint density at radius 2 is 1.96 bits per heavy atom. The molecule has 0 amide bonds. The van der Waals surface area contributed by atoms with E-state index in [2.05, 4.69) is 19.1 Å². The molecule has 0 saturated heterocycles. The van der Waals surface area contributed by atoms with Crippen LogP contribution >= 0.6 is 0 Å². The van der Waals surface area contributed by atoms with Crippen molar-refractivity contribution >= 4 is 5.97 Å². The van der Waals surface area contributed by atoms with Crippen molar-refractivity contribution in [1.29, 1.82) is 0 Å². The van der Waals surface area contributed by atoms with Crippen LogP contribution in [0.3, 0.4) is 0 Å². The predicted molar refractivity (Wildman–Crippen MR) is 101 cm³/mol. The van der Waals surface area contributed by atoms with E-state index < -0.39 is 17.7 Å². The van der Waals surface area contributed by atoms with Gasteiger partial charge in [-0.2, -0.15) is 0 Å². The fraction of sp³-hybridized carbons (Fsp3) is 0.762. The Kier molecular flexibility index (Phi) is 10.1. The minimum atomic E-state index is -2.10. The molecule has 4 nitrogen and oxygen atoms in total. The molecular formula is C21H36O4. The van der Waals surface area contributed by atoms with Crippen LogP contribution in [0.15, 0.2) is 24.3 Å². The lowest BCUT2D eigenvalue weighted by molar-refractivity contribution is -0.168. The zero-order valence-corrected chi connectivity index (χ0v) is 15.9. The van der Waals surface area contributed by atoms with Gasteiger partial charge in [0, 0.05) is 0 Å². The van der Waals surface area contributed by atoms with Gasteiger partial charge in [0.1, 0.15) is 0 Å². The zero-order chi connectivity index (χ0) is 18.7. The molecule has 1 fully saturated rings. The molecule has 4 heteroatoms. The number of allylic oxidation sites excluding steroid dienone is 3. The minimum Gasteiger partial charge on any atom is -0.479 e. The van der Waals surface area contributed by atoms with Gasteiger partial charge < -0.3 is 15.3 Å². The van der Waals surface area contributed by atoms with Crippen molar-refractivity contribution in [2.24, 2.45) is 11.8 Å². The van der Waals surface area contributed by atoms with Crippen LogP contribution in [0.25, 0.3) is 0 Å². The van der Waals surface area contributed by atoms with E-state index in [1.807, 2.05) is 6.08 Å². The van der Waals surface area contributed by atoms with Crippen molar-refractivity contribution in [3.8, 4) is 0 Å². The van der Waals surface area contributed by atoms with Crippen molar-refractivity contribution in [2.75, 3.05) is 0 Å². The second-order valence-electron chi connectivity index (χ2n) is 7.54. The zero-order valence-electron chi connectivity index (χ0n) is 15.9.